The number of rotatable bonds is 4. The van der Waals surface area contributed by atoms with E-state index in [1.807, 2.05) is 20.8 Å². The number of thiophene rings is 1. The highest BCUT2D eigenvalue weighted by Crippen LogP contribution is 2.44. The van der Waals surface area contributed by atoms with E-state index >= 15 is 0 Å². The average Bonchev–Trinajstić information content (AvgIpc) is 2.96. The molecule has 0 spiro atoms. The van der Waals surface area contributed by atoms with Gasteiger partial charge in [-0.25, -0.2) is 0 Å². The van der Waals surface area contributed by atoms with Crippen LogP contribution in [0.1, 0.15) is 44.5 Å². The van der Waals surface area contributed by atoms with Crippen LogP contribution in [0.4, 0.5) is 0 Å². The Morgan fingerprint density at radius 3 is 2.59 bits per heavy atom. The van der Waals surface area contributed by atoms with Gasteiger partial charge < -0.3 is 4.55 Å². The highest BCUT2D eigenvalue weighted by molar-refractivity contribution is 9.10. The van der Waals surface area contributed by atoms with Crippen molar-refractivity contribution >= 4 is 38.6 Å². The minimum Gasteiger partial charge on any atom is -0.598 e. The highest BCUT2D eigenvalue weighted by Gasteiger charge is 2.38. The van der Waals surface area contributed by atoms with E-state index in [2.05, 4.69) is 32.1 Å². The summed E-state index contributed by atoms with van der Waals surface area (Å²) in [5, 5.41) is 2.09. The van der Waals surface area contributed by atoms with Crippen LogP contribution in [-0.2, 0) is 11.4 Å². The summed E-state index contributed by atoms with van der Waals surface area (Å²) in [4.78, 5) is 1.29. The van der Waals surface area contributed by atoms with Gasteiger partial charge in [0.1, 0.15) is 4.75 Å². The molecule has 2 atom stereocenters. The fourth-order valence-electron chi connectivity index (χ4n) is 1.60. The van der Waals surface area contributed by atoms with E-state index < -0.39 is 11.4 Å². The Hall–Kier alpha value is 0.450. The van der Waals surface area contributed by atoms with Gasteiger partial charge in [-0.3, -0.25) is 0 Å². The molecule has 17 heavy (non-hydrogen) atoms. The molecule has 1 aromatic rings. The van der Waals surface area contributed by atoms with Crippen LogP contribution in [0.25, 0.3) is 0 Å². The minimum atomic E-state index is -0.998. The summed E-state index contributed by atoms with van der Waals surface area (Å²) in [6, 6.07) is 2.40. The summed E-state index contributed by atoms with van der Waals surface area (Å²) < 4.78 is 16.4. The summed E-state index contributed by atoms with van der Waals surface area (Å²) in [6.45, 7) is 6.01. The summed E-state index contributed by atoms with van der Waals surface area (Å²) in [5.41, 5.74) is 0. The van der Waals surface area contributed by atoms with Crippen molar-refractivity contribution in [3.63, 3.8) is 0 Å². The Balaban J connectivity index is 2.08. The molecular weight excluding hydrogens is 318 g/mol. The fourth-order valence-corrected chi connectivity index (χ4v) is 4.17. The third-order valence-electron chi connectivity index (χ3n) is 2.78. The smallest absolute Gasteiger partial charge is 0.136 e. The van der Waals surface area contributed by atoms with Gasteiger partial charge >= 0.3 is 0 Å². The van der Waals surface area contributed by atoms with Crippen molar-refractivity contribution in [2.45, 2.75) is 44.4 Å². The average molecular weight is 336 g/mol. The van der Waals surface area contributed by atoms with Crippen molar-refractivity contribution in [2.24, 2.45) is 5.92 Å². The van der Waals surface area contributed by atoms with Crippen molar-refractivity contribution in [3.05, 3.63) is 20.8 Å². The zero-order chi connectivity index (χ0) is 12.6. The van der Waals surface area contributed by atoms with Gasteiger partial charge in [0.05, 0.1) is 6.04 Å². The second-order valence-corrected chi connectivity index (χ2v) is 9.34. The predicted molar refractivity (Wildman–Crippen MR) is 78.5 cm³/mol. The Morgan fingerprint density at radius 2 is 2.18 bits per heavy atom. The van der Waals surface area contributed by atoms with E-state index in [1.54, 1.807) is 11.3 Å². The van der Waals surface area contributed by atoms with Crippen LogP contribution in [-0.4, -0.2) is 9.30 Å². The summed E-state index contributed by atoms with van der Waals surface area (Å²) in [5.74, 6) is 0.659. The largest absolute Gasteiger partial charge is 0.598 e. The zero-order valence-corrected chi connectivity index (χ0v) is 13.5. The molecular formula is C12H18BrNOS2. The van der Waals surface area contributed by atoms with E-state index in [0.717, 1.165) is 4.47 Å². The molecule has 1 heterocycles. The van der Waals surface area contributed by atoms with Crippen molar-refractivity contribution in [2.75, 3.05) is 0 Å². The van der Waals surface area contributed by atoms with Crippen molar-refractivity contribution in [3.8, 4) is 0 Å². The molecule has 1 unspecified atom stereocenters. The van der Waals surface area contributed by atoms with Crippen molar-refractivity contribution in [1.29, 1.82) is 0 Å². The highest BCUT2D eigenvalue weighted by atomic mass is 79.9. The maximum absolute atomic E-state index is 12.2. The maximum atomic E-state index is 12.2. The van der Waals surface area contributed by atoms with Crippen LogP contribution in [0.3, 0.4) is 0 Å². The molecule has 1 saturated carbocycles. The molecule has 0 amide bonds. The molecule has 0 saturated heterocycles. The molecule has 96 valence electrons. The second kappa shape index (κ2) is 5.21. The molecule has 1 fully saturated rings. The summed E-state index contributed by atoms with van der Waals surface area (Å²) in [6.07, 6.45) is 2.49. The number of halogens is 1. The van der Waals surface area contributed by atoms with Crippen LogP contribution in [0.5, 0.6) is 0 Å². The van der Waals surface area contributed by atoms with E-state index in [0.29, 0.717) is 5.92 Å². The first-order chi connectivity index (χ1) is 7.88. The van der Waals surface area contributed by atoms with Crippen LogP contribution in [0.15, 0.2) is 15.9 Å². The Labute approximate surface area is 119 Å². The third kappa shape index (κ3) is 3.70. The van der Waals surface area contributed by atoms with Gasteiger partial charge in [-0.1, -0.05) is 0 Å². The SMILES string of the molecule is CC(C)(C)[S+]([O-])N[C@H](c1cc(Br)cs1)C1CC1. The Bertz CT molecular complexity index is 384. The molecule has 0 radical (unpaired) electrons. The van der Waals surface area contributed by atoms with Gasteiger partial charge in [-0.15, -0.1) is 16.1 Å². The Kier molecular flexibility index (Phi) is 4.25. The third-order valence-corrected chi connectivity index (χ3v) is 6.13. The molecule has 1 aliphatic carbocycles. The Morgan fingerprint density at radius 1 is 1.53 bits per heavy atom. The van der Waals surface area contributed by atoms with Gasteiger partial charge in [-0.05, 0) is 61.5 Å². The number of hydrogen-bond acceptors (Lipinski definition) is 3. The number of nitrogens with one attached hydrogen (secondary N) is 1. The lowest BCUT2D eigenvalue weighted by molar-refractivity contribution is 0.507. The predicted octanol–water partition coefficient (Wildman–Crippen LogP) is 4.01. The van der Waals surface area contributed by atoms with Crippen LogP contribution >= 0.6 is 27.3 Å². The second-order valence-electron chi connectivity index (χ2n) is 5.48. The normalized spacial score (nSPS) is 20.3. The van der Waals surface area contributed by atoms with E-state index in [-0.39, 0.29) is 10.8 Å². The minimum absolute atomic E-state index is 0.207. The maximum Gasteiger partial charge on any atom is 0.136 e. The fraction of sp³-hybridized carbons (Fsp3) is 0.667. The molecule has 0 bridgehead atoms. The molecule has 0 aliphatic heterocycles. The topological polar surface area (TPSA) is 35.1 Å². The quantitative estimate of drug-likeness (QED) is 0.843. The summed E-state index contributed by atoms with van der Waals surface area (Å²) in [7, 11) is 0. The lowest BCUT2D eigenvalue weighted by Gasteiger charge is -2.27. The van der Waals surface area contributed by atoms with Crippen LogP contribution in [0, 0.1) is 5.92 Å². The van der Waals surface area contributed by atoms with E-state index in [9.17, 15) is 4.55 Å². The van der Waals surface area contributed by atoms with Gasteiger partial charge in [0.25, 0.3) is 0 Å². The van der Waals surface area contributed by atoms with Gasteiger partial charge in [0.15, 0.2) is 0 Å². The molecule has 1 aliphatic rings. The first kappa shape index (κ1) is 13.9. The molecule has 5 heteroatoms. The lowest BCUT2D eigenvalue weighted by Crippen LogP contribution is -2.41. The van der Waals surface area contributed by atoms with Crippen molar-refractivity contribution < 1.29 is 4.55 Å². The molecule has 0 aromatic carbocycles. The van der Waals surface area contributed by atoms with E-state index in [4.69, 9.17) is 0 Å². The molecule has 1 aromatic heterocycles. The molecule has 2 rings (SSSR count). The van der Waals surface area contributed by atoms with Crippen LogP contribution in [0.2, 0.25) is 0 Å². The zero-order valence-electron chi connectivity index (χ0n) is 10.3. The van der Waals surface area contributed by atoms with Crippen molar-refractivity contribution in [1.82, 2.24) is 4.72 Å². The van der Waals surface area contributed by atoms with Gasteiger partial charge in [0, 0.05) is 26.1 Å². The first-order valence-electron chi connectivity index (χ1n) is 5.80. The first-order valence-corrected chi connectivity index (χ1v) is 8.62. The monoisotopic (exact) mass is 335 g/mol. The van der Waals surface area contributed by atoms with Crippen LogP contribution < -0.4 is 4.72 Å². The lowest BCUT2D eigenvalue weighted by atomic mass is 10.2. The molecule has 2 nitrogen and oxygen atoms in total. The standard InChI is InChI=1S/C12H18BrNOS2/c1-12(2,3)17(15)14-11(8-4-5-8)10-6-9(13)7-16-10/h6-8,11,14H,4-5H2,1-3H3/t11-,17?/m0/s1. The number of hydrogen-bond donors (Lipinski definition) is 1. The van der Waals surface area contributed by atoms with Gasteiger partial charge in [-0.2, -0.15) is 0 Å². The molecule has 1 N–H and O–H groups in total. The summed E-state index contributed by atoms with van der Waals surface area (Å²) >= 11 is 4.22. The van der Waals surface area contributed by atoms with Gasteiger partial charge in [0.2, 0.25) is 0 Å². The van der Waals surface area contributed by atoms with E-state index in [1.165, 1.54) is 17.7 Å².